The average Bonchev–Trinajstić information content (AvgIpc) is 3.44. The van der Waals surface area contributed by atoms with E-state index in [1.54, 1.807) is 24.3 Å². The minimum absolute atomic E-state index is 0.0740. The minimum atomic E-state index is -4.73. The minimum Gasteiger partial charge on any atom is -0.406 e. The van der Waals surface area contributed by atoms with Crippen LogP contribution in [-0.4, -0.2) is 59.8 Å². The second kappa shape index (κ2) is 11.5. The van der Waals surface area contributed by atoms with Crippen LogP contribution in [0.2, 0.25) is 0 Å². The summed E-state index contributed by atoms with van der Waals surface area (Å²) < 4.78 is 68.0. The van der Waals surface area contributed by atoms with E-state index < -0.39 is 16.2 Å². The molecular formula is C27H30F3N5O3S. The number of anilines is 1. The molecule has 0 radical (unpaired) electrons. The van der Waals surface area contributed by atoms with Crippen molar-refractivity contribution >= 4 is 15.7 Å². The van der Waals surface area contributed by atoms with Gasteiger partial charge in [-0.25, -0.2) is 23.4 Å². The van der Waals surface area contributed by atoms with Crippen LogP contribution in [0.25, 0.3) is 0 Å². The van der Waals surface area contributed by atoms with Crippen LogP contribution in [0.1, 0.15) is 49.3 Å². The Morgan fingerprint density at radius 2 is 1.87 bits per heavy atom. The lowest BCUT2D eigenvalue weighted by molar-refractivity contribution is -0.274. The van der Waals surface area contributed by atoms with E-state index in [1.165, 1.54) is 30.9 Å². The number of nitrogens with zero attached hydrogens (tertiary/aromatic N) is 4. The first-order valence-corrected chi connectivity index (χ1v) is 14.6. The van der Waals surface area contributed by atoms with Crippen LogP contribution >= 0.6 is 0 Å². The number of likely N-dealkylation sites (tertiary alicyclic amines) is 1. The summed E-state index contributed by atoms with van der Waals surface area (Å²) in [4.78, 5) is 14.8. The maximum atomic E-state index is 12.8. The monoisotopic (exact) mass is 561 g/mol. The Morgan fingerprint density at radius 3 is 2.56 bits per heavy atom. The van der Waals surface area contributed by atoms with Gasteiger partial charge in [-0.1, -0.05) is 12.1 Å². The van der Waals surface area contributed by atoms with E-state index in [0.29, 0.717) is 11.5 Å². The smallest absolute Gasteiger partial charge is 0.406 e. The quantitative estimate of drug-likeness (QED) is 0.413. The number of alkyl halides is 3. The number of halogens is 3. The van der Waals surface area contributed by atoms with Crippen molar-refractivity contribution in [3.8, 4) is 5.75 Å². The first-order chi connectivity index (χ1) is 18.7. The summed E-state index contributed by atoms with van der Waals surface area (Å²) in [6.45, 7) is 1.95. The van der Waals surface area contributed by atoms with Gasteiger partial charge in [-0.05, 0) is 87.0 Å². The first kappa shape index (κ1) is 27.3. The predicted molar refractivity (Wildman–Crippen MR) is 139 cm³/mol. The molecule has 1 N–H and O–H groups in total. The number of ether oxygens (including phenoxy) is 1. The van der Waals surface area contributed by atoms with E-state index in [4.69, 9.17) is 0 Å². The highest BCUT2D eigenvalue weighted by Crippen LogP contribution is 2.39. The van der Waals surface area contributed by atoms with Crippen molar-refractivity contribution < 1.29 is 26.3 Å². The highest BCUT2D eigenvalue weighted by atomic mass is 32.2. The molecule has 3 heterocycles. The fourth-order valence-electron chi connectivity index (χ4n) is 5.58. The molecule has 2 aliphatic rings. The van der Waals surface area contributed by atoms with Crippen molar-refractivity contribution in [1.29, 1.82) is 0 Å². The molecule has 8 nitrogen and oxygen atoms in total. The summed E-state index contributed by atoms with van der Waals surface area (Å²) in [7, 11) is -3.61. The Kier molecular flexibility index (Phi) is 8.03. The molecule has 5 rings (SSSR count). The van der Waals surface area contributed by atoms with Gasteiger partial charge in [-0.3, -0.25) is 4.90 Å². The number of nitrogens with one attached hydrogen (secondary N) is 1. The standard InChI is InChI=1S/C27H30F3N5O3S/c28-27(29,30)38-22-5-3-4-19(14-22)20-6-8-24(25(15-20)35-12-1-2-13-35)34-26-9-7-23(16-32-26)39(36,37)17-21-10-11-31-18-33-21/h3-5,7,9-11,14,16,18,20,24-25H,1-2,6,8,12-13,15,17H2,(H,32,34)/t20-,24-,25-/m0/s1. The number of benzene rings is 1. The lowest BCUT2D eigenvalue weighted by Crippen LogP contribution is -2.49. The Hall–Kier alpha value is -3.25. The third-order valence-corrected chi connectivity index (χ3v) is 9.03. The first-order valence-electron chi connectivity index (χ1n) is 13.0. The van der Waals surface area contributed by atoms with Crippen LogP contribution in [-0.2, 0) is 15.6 Å². The molecule has 0 bridgehead atoms. The molecule has 0 spiro atoms. The fraction of sp³-hybridized carbons (Fsp3) is 0.444. The maximum absolute atomic E-state index is 12.8. The molecule has 0 unspecified atom stereocenters. The van der Waals surface area contributed by atoms with Crippen molar-refractivity contribution in [1.82, 2.24) is 19.9 Å². The number of hydrogen-bond donors (Lipinski definition) is 1. The van der Waals surface area contributed by atoms with E-state index in [0.717, 1.165) is 50.8 Å². The number of rotatable bonds is 8. The van der Waals surface area contributed by atoms with Crippen molar-refractivity contribution in [3.63, 3.8) is 0 Å². The van der Waals surface area contributed by atoms with Gasteiger partial charge in [-0.15, -0.1) is 13.2 Å². The number of sulfone groups is 1. The molecule has 1 aromatic carbocycles. The zero-order valence-corrected chi connectivity index (χ0v) is 22.0. The predicted octanol–water partition coefficient (Wildman–Crippen LogP) is 4.96. The summed E-state index contributed by atoms with van der Waals surface area (Å²) >= 11 is 0. The van der Waals surface area contributed by atoms with Gasteiger partial charge < -0.3 is 10.1 Å². The largest absolute Gasteiger partial charge is 0.573 e. The molecule has 0 amide bonds. The molecular weight excluding hydrogens is 531 g/mol. The van der Waals surface area contributed by atoms with Crippen LogP contribution in [0, 0.1) is 0 Å². The van der Waals surface area contributed by atoms with E-state index in [1.807, 2.05) is 6.07 Å². The molecule has 3 atom stereocenters. The zero-order chi connectivity index (χ0) is 27.5. The van der Waals surface area contributed by atoms with E-state index >= 15 is 0 Å². The van der Waals surface area contributed by atoms with Crippen molar-refractivity contribution in [3.05, 3.63) is 72.4 Å². The topological polar surface area (TPSA) is 97.3 Å². The van der Waals surface area contributed by atoms with Gasteiger partial charge in [0.15, 0.2) is 9.84 Å². The highest BCUT2D eigenvalue weighted by Gasteiger charge is 2.37. The summed E-state index contributed by atoms with van der Waals surface area (Å²) in [5.41, 5.74) is 1.25. The Bertz CT molecular complexity index is 1350. The lowest BCUT2D eigenvalue weighted by atomic mass is 9.78. The van der Waals surface area contributed by atoms with E-state index in [-0.39, 0.29) is 34.4 Å². The maximum Gasteiger partial charge on any atom is 0.573 e. The van der Waals surface area contributed by atoms with Gasteiger partial charge in [0.25, 0.3) is 0 Å². The SMILES string of the molecule is O=S(=O)(Cc1ccncn1)c1ccc(N[C@H]2CC[C@H](c3cccc(OC(F)(F)F)c3)C[C@@H]2N2CCCC2)nc1. The van der Waals surface area contributed by atoms with E-state index in [2.05, 4.69) is 29.9 Å². The Morgan fingerprint density at radius 1 is 1.05 bits per heavy atom. The number of hydrogen-bond acceptors (Lipinski definition) is 8. The third-order valence-electron chi connectivity index (χ3n) is 7.40. The van der Waals surface area contributed by atoms with Gasteiger partial charge in [0.05, 0.1) is 16.3 Å². The van der Waals surface area contributed by atoms with Gasteiger partial charge >= 0.3 is 6.36 Å². The molecule has 1 aliphatic heterocycles. The molecule has 39 heavy (non-hydrogen) atoms. The van der Waals surface area contributed by atoms with Gasteiger partial charge in [0.1, 0.15) is 17.9 Å². The molecule has 2 fully saturated rings. The van der Waals surface area contributed by atoms with Gasteiger partial charge in [0.2, 0.25) is 0 Å². The van der Waals surface area contributed by atoms with Gasteiger partial charge in [-0.2, -0.15) is 0 Å². The van der Waals surface area contributed by atoms with Crippen LogP contribution in [0.3, 0.4) is 0 Å². The second-order valence-corrected chi connectivity index (χ2v) is 12.0. The third kappa shape index (κ3) is 7.04. The van der Waals surface area contributed by atoms with Crippen LogP contribution in [0.4, 0.5) is 19.0 Å². The molecule has 2 aromatic heterocycles. The summed E-state index contributed by atoms with van der Waals surface area (Å²) in [6.07, 6.45) is 4.06. The molecule has 12 heteroatoms. The highest BCUT2D eigenvalue weighted by molar-refractivity contribution is 7.90. The normalized spacial score (nSPS) is 22.5. The zero-order valence-electron chi connectivity index (χ0n) is 21.2. The molecule has 208 valence electrons. The summed E-state index contributed by atoms with van der Waals surface area (Å²) in [5, 5.41) is 3.51. The van der Waals surface area contributed by atoms with Crippen LogP contribution in [0.5, 0.6) is 5.75 Å². The molecule has 1 aliphatic carbocycles. The van der Waals surface area contributed by atoms with Crippen LogP contribution in [0.15, 0.2) is 66.1 Å². The van der Waals surface area contributed by atoms with Crippen molar-refractivity contribution in [2.45, 2.75) is 67.1 Å². The molecule has 1 saturated carbocycles. The fourth-order valence-corrected chi connectivity index (χ4v) is 6.80. The summed E-state index contributed by atoms with van der Waals surface area (Å²) in [6, 6.07) is 11.3. The Labute approximate surface area is 225 Å². The number of pyridine rings is 1. The molecule has 1 saturated heterocycles. The average molecular weight is 562 g/mol. The van der Waals surface area contributed by atoms with Crippen molar-refractivity contribution in [2.75, 3.05) is 18.4 Å². The van der Waals surface area contributed by atoms with Crippen LogP contribution < -0.4 is 10.1 Å². The lowest BCUT2D eigenvalue weighted by Gasteiger charge is -2.42. The van der Waals surface area contributed by atoms with E-state index in [9.17, 15) is 21.6 Å². The van der Waals surface area contributed by atoms with Gasteiger partial charge in [0, 0.05) is 24.5 Å². The summed E-state index contributed by atoms with van der Waals surface area (Å²) in [5.74, 6) is 0.258. The number of aromatic nitrogens is 3. The molecule has 3 aromatic rings. The van der Waals surface area contributed by atoms with Crippen molar-refractivity contribution in [2.24, 2.45) is 0 Å². The second-order valence-electron chi connectivity index (χ2n) is 10.0. The Balaban J connectivity index is 1.28.